The average molecular weight is 573 g/mol. The number of nitrogens with zero attached hydrogens (tertiary/aromatic N) is 6. The standard InChI is InChI=1S/C17H23N5O.C10H15F2N5O/c1-19-14-10-15(21-16(18)20-14)22-9-5-8-17(23,12-22)11-13-6-3-2-4-7-13;1-14-7-2-8(16-9(13)15-7)17-4-6(18)3-10(11,12)5-17/h2-4,6-7,10,23H,5,8-9,11-12H2,1H3,(H3,18,19,20,21);2,6,18H,3-5H2,1H3,(H3,13,14,15,16)/t;6-/m.1/s1. The van der Waals surface area contributed by atoms with E-state index in [1.165, 1.54) is 11.0 Å². The van der Waals surface area contributed by atoms with E-state index in [-0.39, 0.29) is 24.3 Å². The van der Waals surface area contributed by atoms with Crippen LogP contribution >= 0.6 is 0 Å². The molecule has 0 amide bonds. The molecule has 2 aliphatic heterocycles. The second-order valence-electron chi connectivity index (χ2n) is 10.4. The van der Waals surface area contributed by atoms with Crippen molar-refractivity contribution in [1.82, 2.24) is 19.9 Å². The number of aliphatic hydroxyl groups is 2. The van der Waals surface area contributed by atoms with Gasteiger partial charge < -0.3 is 42.1 Å². The minimum absolute atomic E-state index is 0.000213. The first-order valence-corrected chi connectivity index (χ1v) is 13.4. The van der Waals surface area contributed by atoms with Crippen molar-refractivity contribution in [2.45, 2.75) is 43.3 Å². The first-order chi connectivity index (χ1) is 19.5. The Kier molecular flexibility index (Phi) is 9.23. The molecule has 0 aliphatic carbocycles. The zero-order valence-corrected chi connectivity index (χ0v) is 23.3. The maximum absolute atomic E-state index is 13.4. The quantitative estimate of drug-likeness (QED) is 0.254. The number of nitrogens with two attached hydrogens (primary N) is 2. The van der Waals surface area contributed by atoms with Crippen LogP contribution in [0.4, 0.5) is 43.9 Å². The number of piperidine rings is 2. The van der Waals surface area contributed by atoms with E-state index < -0.39 is 30.6 Å². The Balaban J connectivity index is 0.000000195. The molecule has 3 aromatic rings. The molecule has 2 saturated heterocycles. The molecular weight excluding hydrogens is 534 g/mol. The van der Waals surface area contributed by atoms with Crippen LogP contribution in [0.1, 0.15) is 24.8 Å². The topological polar surface area (TPSA) is 175 Å². The fourth-order valence-corrected chi connectivity index (χ4v) is 5.16. The van der Waals surface area contributed by atoms with Crippen LogP contribution in [-0.4, -0.2) is 88.1 Å². The normalized spacial score (nSPS) is 22.0. The van der Waals surface area contributed by atoms with E-state index in [9.17, 15) is 19.0 Å². The van der Waals surface area contributed by atoms with Crippen LogP contribution in [-0.2, 0) is 6.42 Å². The summed E-state index contributed by atoms with van der Waals surface area (Å²) in [7, 11) is 3.44. The fraction of sp³-hybridized carbons (Fsp3) is 0.481. The first-order valence-electron chi connectivity index (χ1n) is 13.4. The van der Waals surface area contributed by atoms with Crippen molar-refractivity contribution in [3.63, 3.8) is 0 Å². The van der Waals surface area contributed by atoms with Gasteiger partial charge in [0.25, 0.3) is 5.92 Å². The lowest BCUT2D eigenvalue weighted by Crippen LogP contribution is -2.50. The number of rotatable bonds is 6. The maximum Gasteiger partial charge on any atom is 0.267 e. The summed E-state index contributed by atoms with van der Waals surface area (Å²) in [5, 5.41) is 26.2. The molecule has 12 nitrogen and oxygen atoms in total. The van der Waals surface area contributed by atoms with Gasteiger partial charge in [0.15, 0.2) is 0 Å². The van der Waals surface area contributed by atoms with Crippen molar-refractivity contribution in [3.8, 4) is 0 Å². The van der Waals surface area contributed by atoms with Gasteiger partial charge >= 0.3 is 0 Å². The van der Waals surface area contributed by atoms with Gasteiger partial charge in [-0.05, 0) is 18.4 Å². The second-order valence-corrected chi connectivity index (χ2v) is 10.4. The summed E-state index contributed by atoms with van der Waals surface area (Å²) < 4.78 is 26.8. The van der Waals surface area contributed by atoms with Crippen LogP contribution in [0.2, 0.25) is 0 Å². The predicted molar refractivity (Wildman–Crippen MR) is 156 cm³/mol. The molecule has 14 heteroatoms. The van der Waals surface area contributed by atoms with Crippen LogP contribution in [0.3, 0.4) is 0 Å². The largest absolute Gasteiger partial charge is 0.391 e. The lowest BCUT2D eigenvalue weighted by Gasteiger charge is -2.40. The summed E-state index contributed by atoms with van der Waals surface area (Å²) in [4.78, 5) is 19.6. The summed E-state index contributed by atoms with van der Waals surface area (Å²) in [6.07, 6.45) is 0.746. The molecule has 2 aromatic heterocycles. The van der Waals surface area contributed by atoms with Gasteiger partial charge in [-0.3, -0.25) is 0 Å². The Morgan fingerprint density at radius 1 is 0.927 bits per heavy atom. The first kappa shape index (κ1) is 29.9. The lowest BCUT2D eigenvalue weighted by molar-refractivity contribution is -0.0531. The van der Waals surface area contributed by atoms with E-state index in [1.54, 1.807) is 14.1 Å². The highest BCUT2D eigenvalue weighted by Crippen LogP contribution is 2.31. The number of nitrogen functional groups attached to an aromatic ring is 2. The summed E-state index contributed by atoms with van der Waals surface area (Å²) >= 11 is 0. The van der Waals surface area contributed by atoms with Gasteiger partial charge in [0.05, 0.1) is 18.2 Å². The molecule has 2 fully saturated rings. The lowest BCUT2D eigenvalue weighted by atomic mass is 9.86. The number of anilines is 6. The third-order valence-corrected chi connectivity index (χ3v) is 6.94. The van der Waals surface area contributed by atoms with Crippen molar-refractivity contribution < 1.29 is 19.0 Å². The molecule has 0 radical (unpaired) electrons. The molecule has 8 N–H and O–H groups in total. The van der Waals surface area contributed by atoms with E-state index in [0.29, 0.717) is 24.6 Å². The summed E-state index contributed by atoms with van der Waals surface area (Å²) in [5.74, 6) is -0.523. The molecule has 41 heavy (non-hydrogen) atoms. The number of nitrogens with one attached hydrogen (secondary N) is 2. The molecule has 0 spiro atoms. The number of hydrogen-bond acceptors (Lipinski definition) is 12. The van der Waals surface area contributed by atoms with Crippen molar-refractivity contribution in [2.24, 2.45) is 0 Å². The summed E-state index contributed by atoms with van der Waals surface area (Å²) in [6, 6.07) is 13.5. The predicted octanol–water partition coefficient (Wildman–Crippen LogP) is 1.98. The minimum atomic E-state index is -2.93. The third-order valence-electron chi connectivity index (χ3n) is 6.94. The molecule has 222 valence electrons. The number of hydrogen-bond donors (Lipinski definition) is 6. The van der Waals surface area contributed by atoms with Crippen LogP contribution in [0.15, 0.2) is 42.5 Å². The molecule has 5 rings (SSSR count). The van der Waals surface area contributed by atoms with Crippen molar-refractivity contribution in [3.05, 3.63) is 48.0 Å². The Morgan fingerprint density at radius 2 is 1.51 bits per heavy atom. The highest BCUT2D eigenvalue weighted by Gasteiger charge is 2.40. The van der Waals surface area contributed by atoms with Gasteiger partial charge in [0.2, 0.25) is 11.9 Å². The van der Waals surface area contributed by atoms with Crippen molar-refractivity contribution in [1.29, 1.82) is 0 Å². The maximum atomic E-state index is 13.4. The van der Waals surface area contributed by atoms with Crippen molar-refractivity contribution >= 4 is 35.2 Å². The van der Waals surface area contributed by atoms with Gasteiger partial charge in [-0.2, -0.15) is 19.9 Å². The molecular formula is C27H38F2N10O2. The Morgan fingerprint density at radius 3 is 2.07 bits per heavy atom. The smallest absolute Gasteiger partial charge is 0.267 e. The zero-order valence-electron chi connectivity index (χ0n) is 23.3. The molecule has 4 heterocycles. The van der Waals surface area contributed by atoms with Crippen molar-refractivity contribution in [2.75, 3.05) is 72.2 Å². The van der Waals surface area contributed by atoms with Gasteiger partial charge in [-0.1, -0.05) is 30.3 Å². The molecule has 1 unspecified atom stereocenters. The molecule has 2 atom stereocenters. The van der Waals surface area contributed by atoms with Crippen LogP contribution in [0.25, 0.3) is 0 Å². The molecule has 2 aliphatic rings. The van der Waals surface area contributed by atoms with Crippen LogP contribution in [0.5, 0.6) is 0 Å². The molecule has 1 aromatic carbocycles. The Labute approximate surface area is 237 Å². The van der Waals surface area contributed by atoms with Gasteiger partial charge in [-0.25, -0.2) is 8.78 Å². The van der Waals surface area contributed by atoms with Crippen LogP contribution in [0, 0.1) is 0 Å². The number of alkyl halides is 2. The number of halogens is 2. The number of aromatic nitrogens is 4. The highest BCUT2D eigenvalue weighted by atomic mass is 19.3. The van der Waals surface area contributed by atoms with Gasteiger partial charge in [0, 0.05) is 58.7 Å². The summed E-state index contributed by atoms with van der Waals surface area (Å²) in [5.41, 5.74) is 11.7. The second kappa shape index (κ2) is 12.6. The monoisotopic (exact) mass is 572 g/mol. The van der Waals surface area contributed by atoms with Crippen LogP contribution < -0.4 is 31.9 Å². The van der Waals surface area contributed by atoms with E-state index >= 15 is 0 Å². The highest BCUT2D eigenvalue weighted by molar-refractivity contribution is 5.54. The molecule has 0 bridgehead atoms. The number of β-amino-alcohol motifs (C(OH)–C–C–N with tert-alkyl or cyclic N) is 2. The zero-order chi connectivity index (χ0) is 29.6. The van der Waals surface area contributed by atoms with E-state index in [1.807, 2.05) is 24.3 Å². The van der Waals surface area contributed by atoms with E-state index in [2.05, 4.69) is 47.6 Å². The fourth-order valence-electron chi connectivity index (χ4n) is 5.16. The minimum Gasteiger partial charge on any atom is -0.391 e. The summed E-state index contributed by atoms with van der Waals surface area (Å²) in [6.45, 7) is 1.02. The van der Waals surface area contributed by atoms with Gasteiger partial charge in [0.1, 0.15) is 23.3 Å². The van der Waals surface area contributed by atoms with E-state index in [4.69, 9.17) is 11.5 Å². The van der Waals surface area contributed by atoms with Gasteiger partial charge in [-0.15, -0.1) is 0 Å². The van der Waals surface area contributed by atoms with E-state index in [0.717, 1.165) is 30.8 Å². The Hall–Kier alpha value is -4.04. The Bertz CT molecular complexity index is 1300. The SMILES string of the molecule is CNc1cc(N2CCCC(O)(Cc3ccccc3)C2)nc(N)n1.CNc1cc(N2C[C@H](O)CC(F)(F)C2)nc(N)n1. The molecule has 0 saturated carbocycles. The number of benzene rings is 1. The third kappa shape index (κ3) is 8.24. The number of aliphatic hydroxyl groups excluding tert-OH is 1. The average Bonchev–Trinajstić information content (AvgIpc) is 2.92.